The predicted molar refractivity (Wildman–Crippen MR) is 86.7 cm³/mol. The van der Waals surface area contributed by atoms with Gasteiger partial charge in [-0.3, -0.25) is 9.36 Å². The first-order chi connectivity index (χ1) is 10.2. The summed E-state index contributed by atoms with van der Waals surface area (Å²) in [4.78, 5) is 12.3. The minimum Gasteiger partial charge on any atom is -0.295 e. The number of aromatic nitrogens is 1. The second-order valence-corrected chi connectivity index (χ2v) is 5.23. The average molecular weight is 296 g/mol. The number of halogens is 1. The maximum atomic E-state index is 12.3. The van der Waals surface area contributed by atoms with Gasteiger partial charge < -0.3 is 0 Å². The van der Waals surface area contributed by atoms with Crippen LogP contribution in [-0.4, -0.2) is 4.57 Å². The van der Waals surface area contributed by atoms with E-state index in [2.05, 4.69) is 0 Å². The highest BCUT2D eigenvalue weighted by atomic mass is 35.5. The van der Waals surface area contributed by atoms with E-state index >= 15 is 0 Å². The van der Waals surface area contributed by atoms with E-state index in [1.165, 1.54) is 0 Å². The largest absolute Gasteiger partial charge is 0.295 e. The molecule has 21 heavy (non-hydrogen) atoms. The van der Waals surface area contributed by atoms with Crippen LogP contribution >= 0.6 is 11.6 Å². The molecule has 3 rings (SSSR count). The molecule has 0 bridgehead atoms. The lowest BCUT2D eigenvalue weighted by atomic mass is 10.1. The molecule has 0 radical (unpaired) electrons. The average Bonchev–Trinajstić information content (AvgIpc) is 2.52. The lowest BCUT2D eigenvalue weighted by Gasteiger charge is -2.10. The van der Waals surface area contributed by atoms with Crippen molar-refractivity contribution in [3.63, 3.8) is 0 Å². The maximum absolute atomic E-state index is 12.3. The summed E-state index contributed by atoms with van der Waals surface area (Å²) >= 11 is 6.30. The van der Waals surface area contributed by atoms with E-state index in [-0.39, 0.29) is 5.56 Å². The summed E-state index contributed by atoms with van der Waals surface area (Å²) < 4.78 is 1.57. The molecule has 3 aromatic rings. The standard InChI is InChI=1S/C18H14ClNO/c19-17-11-16(15-9-5-2-6-10-15)12-18(21)20(17)13-14-7-3-1-4-8-14/h1-12H,13H2. The van der Waals surface area contributed by atoms with Crippen LogP contribution in [0, 0.1) is 0 Å². The molecule has 1 heterocycles. The van der Waals surface area contributed by atoms with Crippen LogP contribution in [0.15, 0.2) is 77.6 Å². The van der Waals surface area contributed by atoms with E-state index < -0.39 is 0 Å². The van der Waals surface area contributed by atoms with Gasteiger partial charge in [0.25, 0.3) is 5.56 Å². The zero-order valence-corrected chi connectivity index (χ0v) is 12.1. The molecule has 0 aliphatic carbocycles. The second kappa shape index (κ2) is 5.98. The van der Waals surface area contributed by atoms with Crippen molar-refractivity contribution in [2.45, 2.75) is 6.54 Å². The minimum absolute atomic E-state index is 0.0924. The van der Waals surface area contributed by atoms with Crippen LogP contribution in [0.5, 0.6) is 0 Å². The van der Waals surface area contributed by atoms with Gasteiger partial charge in [-0.05, 0) is 22.8 Å². The monoisotopic (exact) mass is 295 g/mol. The number of hydrogen-bond acceptors (Lipinski definition) is 1. The molecule has 0 saturated carbocycles. The van der Waals surface area contributed by atoms with Gasteiger partial charge in [-0.15, -0.1) is 0 Å². The van der Waals surface area contributed by atoms with Crippen LogP contribution in [0.3, 0.4) is 0 Å². The van der Waals surface area contributed by atoms with Gasteiger partial charge in [0.15, 0.2) is 0 Å². The lowest BCUT2D eigenvalue weighted by Crippen LogP contribution is -2.20. The molecule has 0 aliphatic heterocycles. The zero-order chi connectivity index (χ0) is 14.7. The summed E-state index contributed by atoms with van der Waals surface area (Å²) in [6.07, 6.45) is 0. The minimum atomic E-state index is -0.0924. The number of nitrogens with zero attached hydrogens (tertiary/aromatic N) is 1. The van der Waals surface area contributed by atoms with E-state index in [1.807, 2.05) is 66.7 Å². The fourth-order valence-corrected chi connectivity index (χ4v) is 2.54. The molecule has 0 saturated heterocycles. The fraction of sp³-hybridized carbons (Fsp3) is 0.0556. The third-order valence-electron chi connectivity index (χ3n) is 3.37. The van der Waals surface area contributed by atoms with Crippen molar-refractivity contribution in [3.05, 3.63) is 93.9 Å². The highest BCUT2D eigenvalue weighted by Crippen LogP contribution is 2.21. The Hall–Kier alpha value is -2.32. The topological polar surface area (TPSA) is 22.0 Å². The van der Waals surface area contributed by atoms with Gasteiger partial charge in [-0.25, -0.2) is 0 Å². The van der Waals surface area contributed by atoms with E-state index in [0.29, 0.717) is 11.7 Å². The molecule has 1 aromatic heterocycles. The third kappa shape index (κ3) is 3.06. The van der Waals surface area contributed by atoms with Crippen LogP contribution in [0.1, 0.15) is 5.56 Å². The van der Waals surface area contributed by atoms with Gasteiger partial charge in [0, 0.05) is 6.07 Å². The number of rotatable bonds is 3. The Labute approximate surface area is 128 Å². The zero-order valence-electron chi connectivity index (χ0n) is 11.4. The predicted octanol–water partition coefficient (Wildman–Crippen LogP) is 4.22. The van der Waals surface area contributed by atoms with Crippen molar-refractivity contribution >= 4 is 11.6 Å². The molecule has 3 heteroatoms. The van der Waals surface area contributed by atoms with Crippen molar-refractivity contribution < 1.29 is 0 Å². The molecule has 2 aromatic carbocycles. The van der Waals surface area contributed by atoms with Crippen LogP contribution < -0.4 is 5.56 Å². The van der Waals surface area contributed by atoms with E-state index in [4.69, 9.17) is 11.6 Å². The molecule has 0 spiro atoms. The Balaban J connectivity index is 1.99. The summed E-state index contributed by atoms with van der Waals surface area (Å²) in [5.41, 5.74) is 2.79. The smallest absolute Gasteiger partial charge is 0.252 e. The van der Waals surface area contributed by atoms with Gasteiger partial charge in [-0.1, -0.05) is 72.3 Å². The summed E-state index contributed by atoms with van der Waals surface area (Å²) in [5.74, 6) is 0. The third-order valence-corrected chi connectivity index (χ3v) is 3.68. The molecule has 2 nitrogen and oxygen atoms in total. The molecule has 0 amide bonds. The molecular formula is C18H14ClNO. The van der Waals surface area contributed by atoms with Gasteiger partial charge in [-0.2, -0.15) is 0 Å². The summed E-state index contributed by atoms with van der Waals surface area (Å²) in [7, 11) is 0. The molecular weight excluding hydrogens is 282 g/mol. The lowest BCUT2D eigenvalue weighted by molar-refractivity contribution is 0.761. The fourth-order valence-electron chi connectivity index (χ4n) is 2.28. The molecule has 0 atom stereocenters. The van der Waals surface area contributed by atoms with Crippen molar-refractivity contribution in [2.75, 3.05) is 0 Å². The van der Waals surface area contributed by atoms with Crippen LogP contribution in [0.4, 0.5) is 0 Å². The summed E-state index contributed by atoms with van der Waals surface area (Å²) in [5, 5.41) is 0.449. The first-order valence-corrected chi connectivity index (χ1v) is 7.11. The summed E-state index contributed by atoms with van der Waals surface area (Å²) in [6, 6.07) is 23.0. The Morgan fingerprint density at radius 1 is 0.810 bits per heavy atom. The van der Waals surface area contributed by atoms with Crippen LogP contribution in [0.25, 0.3) is 11.1 Å². The van der Waals surface area contributed by atoms with Crippen LogP contribution in [-0.2, 0) is 6.54 Å². The van der Waals surface area contributed by atoms with Gasteiger partial charge in [0.05, 0.1) is 6.54 Å². The Morgan fingerprint density at radius 2 is 1.43 bits per heavy atom. The summed E-state index contributed by atoms with van der Waals surface area (Å²) in [6.45, 7) is 0.480. The maximum Gasteiger partial charge on any atom is 0.252 e. The number of benzene rings is 2. The first-order valence-electron chi connectivity index (χ1n) is 6.74. The molecule has 104 valence electrons. The van der Waals surface area contributed by atoms with E-state index in [0.717, 1.165) is 16.7 Å². The van der Waals surface area contributed by atoms with Gasteiger partial charge in [0.1, 0.15) is 5.15 Å². The Bertz CT molecular complexity index is 794. The van der Waals surface area contributed by atoms with Crippen molar-refractivity contribution in [2.24, 2.45) is 0 Å². The molecule has 0 aliphatic rings. The highest BCUT2D eigenvalue weighted by Gasteiger charge is 2.07. The Morgan fingerprint density at radius 3 is 2.05 bits per heavy atom. The van der Waals surface area contributed by atoms with Crippen molar-refractivity contribution in [1.29, 1.82) is 0 Å². The van der Waals surface area contributed by atoms with Crippen molar-refractivity contribution in [3.8, 4) is 11.1 Å². The second-order valence-electron chi connectivity index (χ2n) is 4.84. The highest BCUT2D eigenvalue weighted by molar-refractivity contribution is 6.29. The Kier molecular flexibility index (Phi) is 3.89. The SMILES string of the molecule is O=c1cc(-c2ccccc2)cc(Cl)n1Cc1ccccc1. The van der Waals surface area contributed by atoms with E-state index in [9.17, 15) is 4.79 Å². The molecule has 0 fully saturated rings. The molecule has 0 N–H and O–H groups in total. The number of hydrogen-bond donors (Lipinski definition) is 0. The van der Waals surface area contributed by atoms with E-state index in [1.54, 1.807) is 10.6 Å². The normalized spacial score (nSPS) is 10.5. The molecule has 0 unspecified atom stereocenters. The van der Waals surface area contributed by atoms with Crippen molar-refractivity contribution in [1.82, 2.24) is 4.57 Å². The quantitative estimate of drug-likeness (QED) is 0.663. The van der Waals surface area contributed by atoms with Crippen LogP contribution in [0.2, 0.25) is 5.15 Å². The van der Waals surface area contributed by atoms with Gasteiger partial charge >= 0.3 is 0 Å². The first kappa shape index (κ1) is 13.7. The number of pyridine rings is 1. The van der Waals surface area contributed by atoms with Gasteiger partial charge in [0.2, 0.25) is 0 Å².